The third-order valence-corrected chi connectivity index (χ3v) is 4.91. The average molecular weight is 339 g/mol. The molecule has 0 aliphatic carbocycles. The molecule has 1 aliphatic heterocycles. The highest BCUT2D eigenvalue weighted by atomic mass is 16.5. The molecule has 3 nitrogen and oxygen atoms in total. The molecule has 2 atom stereocenters. The Balaban J connectivity index is 1.87. The molecule has 2 unspecified atom stereocenters. The fraction of sp³-hybridized carbons (Fsp3) is 0.455. The first kappa shape index (κ1) is 18.1. The van der Waals surface area contributed by atoms with E-state index in [1.54, 1.807) is 7.11 Å². The van der Waals surface area contributed by atoms with Gasteiger partial charge in [-0.2, -0.15) is 0 Å². The van der Waals surface area contributed by atoms with Gasteiger partial charge in [-0.05, 0) is 42.5 Å². The number of ether oxygens (including phenoxy) is 2. The van der Waals surface area contributed by atoms with Crippen LogP contribution in [0.15, 0.2) is 54.6 Å². The van der Waals surface area contributed by atoms with E-state index in [0.717, 1.165) is 32.7 Å². The lowest BCUT2D eigenvalue weighted by Crippen LogP contribution is -2.34. The van der Waals surface area contributed by atoms with Crippen LogP contribution in [0.5, 0.6) is 0 Å². The number of piperidine rings is 1. The van der Waals surface area contributed by atoms with Gasteiger partial charge < -0.3 is 14.8 Å². The molecule has 2 aromatic carbocycles. The van der Waals surface area contributed by atoms with Gasteiger partial charge in [0.2, 0.25) is 0 Å². The molecular formula is C22H29NO2. The Morgan fingerprint density at radius 1 is 1.04 bits per heavy atom. The van der Waals surface area contributed by atoms with Crippen LogP contribution < -0.4 is 5.32 Å². The molecule has 0 radical (unpaired) electrons. The standard InChI is InChI=1S/C22H29NO2/c1-24-15-8-16-25-22(19-11-7-14-23-17-19)21-13-6-5-12-20(21)18-9-3-2-4-10-18/h2-6,9-10,12-13,19,22-23H,7-8,11,14-17H2,1H3. The maximum Gasteiger partial charge on any atom is 0.0871 e. The van der Waals surface area contributed by atoms with E-state index in [1.807, 2.05) is 0 Å². The first-order valence-electron chi connectivity index (χ1n) is 9.35. The average Bonchev–Trinajstić information content (AvgIpc) is 2.69. The number of methoxy groups -OCH3 is 1. The normalized spacial score (nSPS) is 18.8. The fourth-order valence-electron chi connectivity index (χ4n) is 3.66. The third-order valence-electron chi connectivity index (χ3n) is 4.91. The van der Waals surface area contributed by atoms with E-state index in [4.69, 9.17) is 9.47 Å². The van der Waals surface area contributed by atoms with Crippen molar-refractivity contribution < 1.29 is 9.47 Å². The Morgan fingerprint density at radius 3 is 2.60 bits per heavy atom. The van der Waals surface area contributed by atoms with Crippen LogP contribution >= 0.6 is 0 Å². The quantitative estimate of drug-likeness (QED) is 0.721. The van der Waals surface area contributed by atoms with Gasteiger partial charge in [0.15, 0.2) is 0 Å². The van der Waals surface area contributed by atoms with E-state index in [0.29, 0.717) is 5.92 Å². The van der Waals surface area contributed by atoms with E-state index in [1.165, 1.54) is 29.5 Å². The van der Waals surface area contributed by atoms with Crippen molar-refractivity contribution in [3.63, 3.8) is 0 Å². The predicted molar refractivity (Wildman–Crippen MR) is 103 cm³/mol. The van der Waals surface area contributed by atoms with Crippen LogP contribution in [0.4, 0.5) is 0 Å². The first-order chi connectivity index (χ1) is 12.4. The van der Waals surface area contributed by atoms with Gasteiger partial charge in [-0.1, -0.05) is 54.6 Å². The number of hydrogen-bond acceptors (Lipinski definition) is 3. The predicted octanol–water partition coefficient (Wildman–Crippen LogP) is 4.45. The van der Waals surface area contributed by atoms with E-state index in [9.17, 15) is 0 Å². The van der Waals surface area contributed by atoms with Crippen molar-refractivity contribution in [2.75, 3.05) is 33.4 Å². The molecule has 0 amide bonds. The molecule has 1 aliphatic rings. The van der Waals surface area contributed by atoms with Crippen LogP contribution in [-0.4, -0.2) is 33.4 Å². The molecule has 0 aromatic heterocycles. The Kier molecular flexibility index (Phi) is 7.04. The Morgan fingerprint density at radius 2 is 1.84 bits per heavy atom. The summed E-state index contributed by atoms with van der Waals surface area (Å²) in [7, 11) is 1.74. The zero-order valence-corrected chi connectivity index (χ0v) is 15.1. The number of benzene rings is 2. The van der Waals surface area contributed by atoms with E-state index >= 15 is 0 Å². The van der Waals surface area contributed by atoms with Gasteiger partial charge in [-0.3, -0.25) is 0 Å². The highest BCUT2D eigenvalue weighted by Gasteiger charge is 2.27. The fourth-order valence-corrected chi connectivity index (χ4v) is 3.66. The summed E-state index contributed by atoms with van der Waals surface area (Å²) in [4.78, 5) is 0. The maximum absolute atomic E-state index is 6.41. The molecule has 0 bridgehead atoms. The molecule has 25 heavy (non-hydrogen) atoms. The minimum atomic E-state index is 0.126. The van der Waals surface area contributed by atoms with Crippen LogP contribution in [0.1, 0.15) is 30.9 Å². The third kappa shape index (κ3) is 4.91. The van der Waals surface area contributed by atoms with Crippen LogP contribution in [0.2, 0.25) is 0 Å². The highest BCUT2D eigenvalue weighted by molar-refractivity contribution is 5.67. The Hall–Kier alpha value is -1.68. The minimum Gasteiger partial charge on any atom is -0.385 e. The summed E-state index contributed by atoms with van der Waals surface area (Å²) in [6.45, 7) is 3.62. The summed E-state index contributed by atoms with van der Waals surface area (Å²) in [6, 6.07) is 19.3. The second-order valence-electron chi connectivity index (χ2n) is 6.70. The second-order valence-corrected chi connectivity index (χ2v) is 6.70. The largest absolute Gasteiger partial charge is 0.385 e. The van der Waals surface area contributed by atoms with Crippen molar-refractivity contribution in [2.45, 2.75) is 25.4 Å². The zero-order valence-electron chi connectivity index (χ0n) is 15.1. The molecular weight excluding hydrogens is 310 g/mol. The van der Waals surface area contributed by atoms with Gasteiger partial charge in [-0.15, -0.1) is 0 Å². The molecule has 1 heterocycles. The van der Waals surface area contributed by atoms with Crippen molar-refractivity contribution in [3.8, 4) is 11.1 Å². The molecule has 134 valence electrons. The van der Waals surface area contributed by atoms with E-state index in [2.05, 4.69) is 59.9 Å². The van der Waals surface area contributed by atoms with Crippen molar-refractivity contribution in [3.05, 3.63) is 60.2 Å². The van der Waals surface area contributed by atoms with Crippen LogP contribution in [0.25, 0.3) is 11.1 Å². The maximum atomic E-state index is 6.41. The van der Waals surface area contributed by atoms with Gasteiger partial charge in [-0.25, -0.2) is 0 Å². The highest BCUT2D eigenvalue weighted by Crippen LogP contribution is 2.36. The molecule has 0 saturated carbocycles. The lowest BCUT2D eigenvalue weighted by atomic mass is 9.85. The summed E-state index contributed by atoms with van der Waals surface area (Å²) in [5.41, 5.74) is 3.84. The number of nitrogens with one attached hydrogen (secondary N) is 1. The Bertz CT molecular complexity index is 623. The summed E-state index contributed by atoms with van der Waals surface area (Å²) >= 11 is 0. The van der Waals surface area contributed by atoms with Crippen molar-refractivity contribution in [1.82, 2.24) is 5.32 Å². The number of rotatable bonds is 8. The van der Waals surface area contributed by atoms with Crippen molar-refractivity contribution in [2.24, 2.45) is 5.92 Å². The molecule has 1 saturated heterocycles. The summed E-state index contributed by atoms with van der Waals surface area (Å²) in [5, 5.41) is 3.54. The zero-order chi connectivity index (χ0) is 17.3. The summed E-state index contributed by atoms with van der Waals surface area (Å²) in [6.07, 6.45) is 3.49. The van der Waals surface area contributed by atoms with Gasteiger partial charge in [0.05, 0.1) is 6.10 Å². The molecule has 1 N–H and O–H groups in total. The van der Waals surface area contributed by atoms with Crippen LogP contribution in [0.3, 0.4) is 0 Å². The molecule has 3 heteroatoms. The monoisotopic (exact) mass is 339 g/mol. The van der Waals surface area contributed by atoms with Crippen molar-refractivity contribution in [1.29, 1.82) is 0 Å². The smallest absolute Gasteiger partial charge is 0.0871 e. The number of hydrogen-bond donors (Lipinski definition) is 1. The van der Waals surface area contributed by atoms with Gasteiger partial charge >= 0.3 is 0 Å². The van der Waals surface area contributed by atoms with Crippen LogP contribution in [-0.2, 0) is 9.47 Å². The van der Waals surface area contributed by atoms with Gasteiger partial charge in [0.25, 0.3) is 0 Å². The van der Waals surface area contributed by atoms with Crippen molar-refractivity contribution >= 4 is 0 Å². The molecule has 2 aromatic rings. The molecule has 3 rings (SSSR count). The molecule has 0 spiro atoms. The lowest BCUT2D eigenvalue weighted by molar-refractivity contribution is -0.00468. The lowest BCUT2D eigenvalue weighted by Gasteiger charge is -2.32. The summed E-state index contributed by atoms with van der Waals surface area (Å²) < 4.78 is 11.6. The van der Waals surface area contributed by atoms with Crippen LogP contribution in [0, 0.1) is 5.92 Å². The summed E-state index contributed by atoms with van der Waals surface area (Å²) in [5.74, 6) is 0.515. The minimum absolute atomic E-state index is 0.126. The van der Waals surface area contributed by atoms with E-state index in [-0.39, 0.29) is 6.10 Å². The van der Waals surface area contributed by atoms with E-state index < -0.39 is 0 Å². The topological polar surface area (TPSA) is 30.5 Å². The molecule has 1 fully saturated rings. The van der Waals surface area contributed by atoms with Gasteiger partial charge in [0.1, 0.15) is 0 Å². The first-order valence-corrected chi connectivity index (χ1v) is 9.35. The Labute approximate surface area is 151 Å². The SMILES string of the molecule is COCCCOC(c1ccccc1-c1ccccc1)C1CCCNC1. The second kappa shape index (κ2) is 9.71. The van der Waals surface area contributed by atoms with Gasteiger partial charge in [0, 0.05) is 32.8 Å².